The van der Waals surface area contributed by atoms with Crippen LogP contribution in [0.4, 0.5) is 0 Å². The minimum absolute atomic E-state index is 0.929. The summed E-state index contributed by atoms with van der Waals surface area (Å²) in [6.45, 7) is 2.32. The van der Waals surface area contributed by atoms with Crippen LogP contribution in [-0.4, -0.2) is 0 Å². The Morgan fingerprint density at radius 1 is 1.62 bits per heavy atom. The summed E-state index contributed by atoms with van der Waals surface area (Å²) in [4.78, 5) is 1.52. The van der Waals surface area contributed by atoms with Crippen molar-refractivity contribution in [3.63, 3.8) is 0 Å². The SMILES string of the molecule is CC1CCC[C+](Br)C1. The minimum atomic E-state index is 0.929. The highest BCUT2D eigenvalue weighted by Gasteiger charge is 2.25. The number of rotatable bonds is 0. The van der Waals surface area contributed by atoms with Crippen LogP contribution in [0, 0.1) is 10.7 Å². The van der Waals surface area contributed by atoms with Gasteiger partial charge in [-0.25, -0.2) is 0 Å². The zero-order chi connectivity index (χ0) is 5.98. The molecule has 0 spiro atoms. The standard InChI is InChI=1S/C7H12Br/c1-6-3-2-4-7(8)5-6/h6H,2-5H2,1H3/q+1. The Labute approximate surface area is 59.8 Å². The maximum absolute atomic E-state index is 3.55. The van der Waals surface area contributed by atoms with Crippen LogP contribution in [0.15, 0.2) is 0 Å². The lowest BCUT2D eigenvalue weighted by Crippen LogP contribution is -2.05. The van der Waals surface area contributed by atoms with Crippen molar-refractivity contribution in [2.75, 3.05) is 0 Å². The van der Waals surface area contributed by atoms with Gasteiger partial charge in [-0.3, -0.25) is 0 Å². The van der Waals surface area contributed by atoms with Gasteiger partial charge in [-0.1, -0.05) is 6.92 Å². The molecule has 1 atom stereocenters. The van der Waals surface area contributed by atoms with Crippen LogP contribution in [0.1, 0.15) is 32.6 Å². The molecule has 1 aliphatic rings. The molecule has 0 N–H and O–H groups in total. The summed E-state index contributed by atoms with van der Waals surface area (Å²) in [5.41, 5.74) is 0. The molecule has 0 heterocycles. The van der Waals surface area contributed by atoms with Crippen molar-refractivity contribution in [2.45, 2.75) is 32.6 Å². The van der Waals surface area contributed by atoms with Gasteiger partial charge < -0.3 is 0 Å². The molecular formula is C7H12Br+. The highest BCUT2D eigenvalue weighted by atomic mass is 79.9. The van der Waals surface area contributed by atoms with Crippen LogP contribution in [0.3, 0.4) is 0 Å². The van der Waals surface area contributed by atoms with E-state index in [1.165, 1.54) is 30.5 Å². The molecule has 1 heteroatoms. The Hall–Kier alpha value is 0.350. The molecule has 0 amide bonds. The van der Waals surface area contributed by atoms with Crippen LogP contribution in [-0.2, 0) is 0 Å². The van der Waals surface area contributed by atoms with E-state index in [-0.39, 0.29) is 0 Å². The lowest BCUT2D eigenvalue weighted by Gasteiger charge is -2.12. The molecular weight excluding hydrogens is 164 g/mol. The third kappa shape index (κ3) is 1.70. The van der Waals surface area contributed by atoms with E-state index in [9.17, 15) is 0 Å². The van der Waals surface area contributed by atoms with Crippen molar-refractivity contribution >= 4 is 15.9 Å². The van der Waals surface area contributed by atoms with Crippen LogP contribution in [0.2, 0.25) is 0 Å². The molecule has 46 valence electrons. The van der Waals surface area contributed by atoms with E-state index >= 15 is 0 Å². The molecule has 0 saturated heterocycles. The van der Waals surface area contributed by atoms with E-state index in [4.69, 9.17) is 0 Å². The van der Waals surface area contributed by atoms with Crippen LogP contribution in [0.5, 0.6) is 0 Å². The Morgan fingerprint density at radius 2 is 2.38 bits per heavy atom. The molecule has 0 bridgehead atoms. The predicted octanol–water partition coefficient (Wildman–Crippen LogP) is 3.12. The van der Waals surface area contributed by atoms with E-state index in [0.717, 1.165) is 5.92 Å². The average Bonchev–Trinajstić information content (AvgIpc) is 1.64. The summed E-state index contributed by atoms with van der Waals surface area (Å²) in [6.07, 6.45) is 5.43. The summed E-state index contributed by atoms with van der Waals surface area (Å²) in [5.74, 6) is 0.929. The van der Waals surface area contributed by atoms with Crippen molar-refractivity contribution in [1.82, 2.24) is 0 Å². The maximum Gasteiger partial charge on any atom is 0.198 e. The van der Waals surface area contributed by atoms with Gasteiger partial charge in [-0.05, 0) is 18.8 Å². The van der Waals surface area contributed by atoms with Gasteiger partial charge in [0.15, 0.2) is 20.8 Å². The molecule has 0 radical (unpaired) electrons. The normalized spacial score (nSPS) is 30.8. The Balaban J connectivity index is 2.23. The molecule has 1 rings (SSSR count). The number of halogens is 1. The van der Waals surface area contributed by atoms with Gasteiger partial charge in [-0.2, -0.15) is 0 Å². The summed E-state index contributed by atoms with van der Waals surface area (Å²) >= 11 is 3.55. The van der Waals surface area contributed by atoms with Crippen LogP contribution >= 0.6 is 15.9 Å². The molecule has 0 aromatic heterocycles. The van der Waals surface area contributed by atoms with E-state index in [1.807, 2.05) is 0 Å². The van der Waals surface area contributed by atoms with Crippen molar-refractivity contribution < 1.29 is 0 Å². The van der Waals surface area contributed by atoms with Crippen molar-refractivity contribution in [3.8, 4) is 0 Å². The van der Waals surface area contributed by atoms with Crippen molar-refractivity contribution in [1.29, 1.82) is 0 Å². The summed E-state index contributed by atoms with van der Waals surface area (Å²) in [5, 5.41) is 0. The molecule has 1 unspecified atom stereocenters. The number of hydrogen-bond donors (Lipinski definition) is 0. The molecule has 0 aromatic carbocycles. The summed E-state index contributed by atoms with van der Waals surface area (Å²) in [7, 11) is 0. The van der Waals surface area contributed by atoms with E-state index in [2.05, 4.69) is 22.9 Å². The first-order chi connectivity index (χ1) is 3.79. The second kappa shape index (κ2) is 2.77. The zero-order valence-electron chi connectivity index (χ0n) is 5.28. The average molecular weight is 176 g/mol. The van der Waals surface area contributed by atoms with Crippen LogP contribution in [0.25, 0.3) is 0 Å². The highest BCUT2D eigenvalue weighted by molar-refractivity contribution is 9.11. The molecule has 1 aliphatic carbocycles. The molecule has 0 aliphatic heterocycles. The Morgan fingerprint density at radius 3 is 2.75 bits per heavy atom. The fraction of sp³-hybridized carbons (Fsp3) is 0.857. The molecule has 0 nitrogen and oxygen atoms in total. The fourth-order valence-corrected chi connectivity index (χ4v) is 2.06. The molecule has 8 heavy (non-hydrogen) atoms. The second-order valence-corrected chi connectivity index (χ2v) is 3.84. The van der Waals surface area contributed by atoms with E-state index < -0.39 is 0 Å². The first-order valence-electron chi connectivity index (χ1n) is 3.29. The Kier molecular flexibility index (Phi) is 2.24. The van der Waals surface area contributed by atoms with Gasteiger partial charge in [0.2, 0.25) is 0 Å². The quantitative estimate of drug-likeness (QED) is 0.497. The lowest BCUT2D eigenvalue weighted by molar-refractivity contribution is 0.441. The topological polar surface area (TPSA) is 0 Å². The zero-order valence-corrected chi connectivity index (χ0v) is 6.87. The van der Waals surface area contributed by atoms with Crippen molar-refractivity contribution in [2.24, 2.45) is 5.92 Å². The molecule has 1 fully saturated rings. The largest absolute Gasteiger partial charge is 0.198 e. The predicted molar refractivity (Wildman–Crippen MR) is 39.8 cm³/mol. The smallest absolute Gasteiger partial charge is 0.0584 e. The molecule has 1 saturated carbocycles. The molecule has 0 aromatic rings. The number of hydrogen-bond acceptors (Lipinski definition) is 0. The monoisotopic (exact) mass is 175 g/mol. The van der Waals surface area contributed by atoms with Gasteiger partial charge >= 0.3 is 0 Å². The minimum Gasteiger partial charge on any atom is -0.0584 e. The van der Waals surface area contributed by atoms with Gasteiger partial charge in [-0.15, -0.1) is 0 Å². The fourth-order valence-electron chi connectivity index (χ4n) is 1.22. The first-order valence-corrected chi connectivity index (χ1v) is 4.08. The second-order valence-electron chi connectivity index (χ2n) is 2.72. The lowest BCUT2D eigenvalue weighted by atomic mass is 9.91. The maximum atomic E-state index is 3.55. The third-order valence-electron chi connectivity index (χ3n) is 1.71. The summed E-state index contributed by atoms with van der Waals surface area (Å²) < 4.78 is 0. The summed E-state index contributed by atoms with van der Waals surface area (Å²) in [6, 6.07) is 0. The highest BCUT2D eigenvalue weighted by Crippen LogP contribution is 2.33. The van der Waals surface area contributed by atoms with Crippen molar-refractivity contribution in [3.05, 3.63) is 4.83 Å². The third-order valence-corrected chi connectivity index (χ3v) is 2.44. The van der Waals surface area contributed by atoms with Gasteiger partial charge in [0.05, 0.1) is 0 Å². The van der Waals surface area contributed by atoms with Gasteiger partial charge in [0, 0.05) is 0 Å². The van der Waals surface area contributed by atoms with E-state index in [0.29, 0.717) is 0 Å². The first kappa shape index (κ1) is 6.47. The van der Waals surface area contributed by atoms with Gasteiger partial charge in [0.25, 0.3) is 0 Å². The van der Waals surface area contributed by atoms with E-state index in [1.54, 1.807) is 0 Å². The Bertz CT molecular complexity index is 62.8. The van der Waals surface area contributed by atoms with Gasteiger partial charge in [0.1, 0.15) is 12.8 Å². The van der Waals surface area contributed by atoms with Crippen LogP contribution < -0.4 is 0 Å².